The normalized spacial score (nSPS) is 11.5. The van der Waals surface area contributed by atoms with Gasteiger partial charge >= 0.3 is 0 Å². The predicted molar refractivity (Wildman–Crippen MR) is 95.0 cm³/mol. The number of nitrogens with one attached hydrogen (secondary N) is 1. The fourth-order valence-corrected chi connectivity index (χ4v) is 2.70. The van der Waals surface area contributed by atoms with Gasteiger partial charge in [-0.1, -0.05) is 17.7 Å². The Balaban J connectivity index is 1.99. The lowest BCUT2D eigenvalue weighted by Gasteiger charge is -2.22. The molecule has 0 spiro atoms. The molecule has 0 saturated carbocycles. The molecule has 24 heavy (non-hydrogen) atoms. The fourth-order valence-electron chi connectivity index (χ4n) is 2.43. The summed E-state index contributed by atoms with van der Waals surface area (Å²) >= 11 is 6.01. The minimum absolute atomic E-state index is 0.237. The molecule has 0 amide bonds. The molecule has 0 bridgehead atoms. The van der Waals surface area contributed by atoms with Gasteiger partial charge in [-0.15, -0.1) is 0 Å². The molecule has 1 heterocycles. The standard InChI is InChI=1S/C17H22ClFN4O/c1-20-17(23(3)11-14-8-13(18)10-22(14)2)21-9-12-5-6-16(24-4)15(19)7-12/h5-8,10H,9,11H2,1-4H3,(H,20,21). The van der Waals surface area contributed by atoms with Crippen molar-refractivity contribution in [2.75, 3.05) is 21.2 Å². The molecule has 130 valence electrons. The zero-order chi connectivity index (χ0) is 17.7. The molecule has 0 unspecified atom stereocenters. The second kappa shape index (κ2) is 8.06. The highest BCUT2D eigenvalue weighted by atomic mass is 35.5. The molecule has 0 saturated heterocycles. The third-order valence-corrected chi connectivity index (χ3v) is 3.92. The highest BCUT2D eigenvalue weighted by molar-refractivity contribution is 6.30. The number of halogens is 2. The van der Waals surface area contributed by atoms with E-state index >= 15 is 0 Å². The van der Waals surface area contributed by atoms with Crippen molar-refractivity contribution >= 4 is 17.6 Å². The summed E-state index contributed by atoms with van der Waals surface area (Å²) in [6, 6.07) is 6.81. The van der Waals surface area contributed by atoms with E-state index in [1.807, 2.05) is 41.9 Å². The van der Waals surface area contributed by atoms with E-state index in [-0.39, 0.29) is 11.6 Å². The second-order valence-electron chi connectivity index (χ2n) is 5.49. The fraction of sp³-hybridized carbons (Fsp3) is 0.353. The molecule has 0 radical (unpaired) electrons. The Morgan fingerprint density at radius 3 is 2.71 bits per heavy atom. The van der Waals surface area contributed by atoms with E-state index in [0.717, 1.165) is 11.3 Å². The lowest BCUT2D eigenvalue weighted by molar-refractivity contribution is 0.386. The van der Waals surface area contributed by atoms with Crippen molar-refractivity contribution in [3.63, 3.8) is 0 Å². The summed E-state index contributed by atoms with van der Waals surface area (Å²) in [4.78, 5) is 6.24. The molecule has 5 nitrogen and oxygen atoms in total. The number of ether oxygens (including phenoxy) is 1. The number of hydrogen-bond acceptors (Lipinski definition) is 2. The van der Waals surface area contributed by atoms with Gasteiger partial charge in [-0.3, -0.25) is 4.99 Å². The highest BCUT2D eigenvalue weighted by Crippen LogP contribution is 2.18. The van der Waals surface area contributed by atoms with Gasteiger partial charge in [-0.05, 0) is 23.8 Å². The average molecular weight is 353 g/mol. The monoisotopic (exact) mass is 352 g/mol. The SMILES string of the molecule is CN=C(NCc1ccc(OC)c(F)c1)N(C)Cc1cc(Cl)cn1C. The molecule has 0 fully saturated rings. The van der Waals surface area contributed by atoms with Crippen LogP contribution < -0.4 is 10.1 Å². The highest BCUT2D eigenvalue weighted by Gasteiger charge is 2.10. The van der Waals surface area contributed by atoms with Crippen LogP contribution in [0.3, 0.4) is 0 Å². The van der Waals surface area contributed by atoms with Crippen molar-refractivity contribution in [3.8, 4) is 5.75 Å². The third kappa shape index (κ3) is 4.41. The summed E-state index contributed by atoms with van der Waals surface area (Å²) in [5.74, 6) is 0.572. The van der Waals surface area contributed by atoms with E-state index in [1.165, 1.54) is 13.2 Å². The molecule has 0 aliphatic rings. The molecule has 2 aromatic rings. The number of rotatable bonds is 5. The van der Waals surface area contributed by atoms with Crippen molar-refractivity contribution in [3.05, 3.63) is 52.6 Å². The minimum Gasteiger partial charge on any atom is -0.494 e. The van der Waals surface area contributed by atoms with Gasteiger partial charge in [-0.25, -0.2) is 4.39 Å². The summed E-state index contributed by atoms with van der Waals surface area (Å²) < 4.78 is 20.6. The maximum Gasteiger partial charge on any atom is 0.194 e. The first-order chi connectivity index (χ1) is 11.4. The maximum absolute atomic E-state index is 13.7. The second-order valence-corrected chi connectivity index (χ2v) is 5.92. The number of aliphatic imine (C=N–C) groups is 1. The lowest BCUT2D eigenvalue weighted by Crippen LogP contribution is -2.38. The van der Waals surface area contributed by atoms with E-state index in [1.54, 1.807) is 13.1 Å². The first-order valence-electron chi connectivity index (χ1n) is 7.49. The Morgan fingerprint density at radius 1 is 1.42 bits per heavy atom. The van der Waals surface area contributed by atoms with Gasteiger partial charge in [0.1, 0.15) is 0 Å². The van der Waals surface area contributed by atoms with E-state index in [9.17, 15) is 4.39 Å². The van der Waals surface area contributed by atoms with E-state index < -0.39 is 0 Å². The Hall–Kier alpha value is -2.21. The van der Waals surface area contributed by atoms with E-state index in [0.29, 0.717) is 24.1 Å². The maximum atomic E-state index is 13.7. The van der Waals surface area contributed by atoms with Gasteiger partial charge in [-0.2, -0.15) is 0 Å². The molecule has 1 aromatic heterocycles. The van der Waals surface area contributed by atoms with Crippen LogP contribution in [-0.4, -0.2) is 36.6 Å². The van der Waals surface area contributed by atoms with E-state index in [2.05, 4.69) is 10.3 Å². The largest absolute Gasteiger partial charge is 0.494 e. The van der Waals surface area contributed by atoms with Gasteiger partial charge in [0, 0.05) is 39.6 Å². The van der Waals surface area contributed by atoms with Crippen LogP contribution in [0.2, 0.25) is 5.02 Å². The predicted octanol–water partition coefficient (Wildman–Crippen LogP) is 3.03. The number of hydrogen-bond donors (Lipinski definition) is 1. The van der Waals surface area contributed by atoms with Gasteiger partial charge in [0.15, 0.2) is 17.5 Å². The first kappa shape index (κ1) is 18.1. The molecule has 1 aromatic carbocycles. The smallest absolute Gasteiger partial charge is 0.194 e. The lowest BCUT2D eigenvalue weighted by atomic mass is 10.2. The van der Waals surface area contributed by atoms with Crippen LogP contribution in [0.25, 0.3) is 0 Å². The zero-order valence-corrected chi connectivity index (χ0v) is 15.1. The summed E-state index contributed by atoms with van der Waals surface area (Å²) in [5.41, 5.74) is 1.88. The summed E-state index contributed by atoms with van der Waals surface area (Å²) in [6.07, 6.45) is 1.86. The van der Waals surface area contributed by atoms with Crippen molar-refractivity contribution in [2.45, 2.75) is 13.1 Å². The summed E-state index contributed by atoms with van der Waals surface area (Å²) in [6.45, 7) is 1.12. The molecular formula is C17H22ClFN4O. The van der Waals surface area contributed by atoms with Crippen LogP contribution >= 0.6 is 11.6 Å². The number of aryl methyl sites for hydroxylation is 1. The van der Waals surface area contributed by atoms with Gasteiger partial charge < -0.3 is 19.5 Å². The quantitative estimate of drug-likeness (QED) is 0.664. The number of nitrogens with zero attached hydrogens (tertiary/aromatic N) is 3. The van der Waals surface area contributed by atoms with Crippen LogP contribution in [0.1, 0.15) is 11.3 Å². The average Bonchev–Trinajstić information content (AvgIpc) is 2.85. The van der Waals surface area contributed by atoms with Gasteiger partial charge in [0.05, 0.1) is 18.7 Å². The third-order valence-electron chi connectivity index (χ3n) is 3.71. The van der Waals surface area contributed by atoms with Crippen LogP contribution in [0.5, 0.6) is 5.75 Å². The number of benzene rings is 1. The number of methoxy groups -OCH3 is 1. The summed E-state index contributed by atoms with van der Waals surface area (Å²) in [5, 5.41) is 3.93. The summed E-state index contributed by atoms with van der Waals surface area (Å²) in [7, 11) is 7.05. The molecule has 0 atom stereocenters. The Kier molecular flexibility index (Phi) is 6.09. The van der Waals surface area contributed by atoms with Crippen LogP contribution in [0, 0.1) is 5.82 Å². The van der Waals surface area contributed by atoms with Crippen molar-refractivity contribution in [1.82, 2.24) is 14.8 Å². The van der Waals surface area contributed by atoms with Crippen LogP contribution in [-0.2, 0) is 20.1 Å². The molecule has 0 aliphatic carbocycles. The van der Waals surface area contributed by atoms with Gasteiger partial charge in [0.2, 0.25) is 0 Å². The molecule has 1 N–H and O–H groups in total. The van der Waals surface area contributed by atoms with Crippen LogP contribution in [0.4, 0.5) is 4.39 Å². The Bertz CT molecular complexity index is 729. The molecular weight excluding hydrogens is 331 g/mol. The molecule has 2 rings (SSSR count). The van der Waals surface area contributed by atoms with E-state index in [4.69, 9.17) is 16.3 Å². The minimum atomic E-state index is -0.376. The Labute approximate surface area is 146 Å². The van der Waals surface area contributed by atoms with Crippen molar-refractivity contribution in [2.24, 2.45) is 12.0 Å². The van der Waals surface area contributed by atoms with Crippen LogP contribution in [0.15, 0.2) is 35.5 Å². The zero-order valence-electron chi connectivity index (χ0n) is 14.3. The Morgan fingerprint density at radius 2 is 2.17 bits per heavy atom. The van der Waals surface area contributed by atoms with Gasteiger partial charge in [0.25, 0.3) is 0 Å². The first-order valence-corrected chi connectivity index (χ1v) is 7.87. The van der Waals surface area contributed by atoms with Crippen molar-refractivity contribution in [1.29, 1.82) is 0 Å². The number of guanidine groups is 1. The molecule has 0 aliphatic heterocycles. The van der Waals surface area contributed by atoms with Crippen molar-refractivity contribution < 1.29 is 9.13 Å². The molecule has 7 heteroatoms. The topological polar surface area (TPSA) is 41.8 Å². The number of aromatic nitrogens is 1.